The number of hydrogen-bond acceptors (Lipinski definition) is 1. The Morgan fingerprint density at radius 2 is 2.00 bits per heavy atom. The standard InChI is InChI=1S/C8H8BrO/c1-6(10)7-4-2-3-5-8(7)9/h2-6,10H,1H2. The fourth-order valence-corrected chi connectivity index (χ4v) is 1.29. The first kappa shape index (κ1) is 7.76. The zero-order valence-electron chi connectivity index (χ0n) is 5.42. The minimum atomic E-state index is -0.643. The Balaban J connectivity index is 3.03. The molecule has 1 rings (SSSR count). The minimum Gasteiger partial charge on any atom is -0.388 e. The summed E-state index contributed by atoms with van der Waals surface area (Å²) in [5.41, 5.74) is 0.822. The number of hydrogen-bond donors (Lipinski definition) is 1. The van der Waals surface area contributed by atoms with Gasteiger partial charge in [-0.2, -0.15) is 0 Å². The van der Waals surface area contributed by atoms with E-state index < -0.39 is 6.10 Å². The third-order valence-corrected chi connectivity index (χ3v) is 1.99. The van der Waals surface area contributed by atoms with Gasteiger partial charge < -0.3 is 5.11 Å². The molecule has 0 saturated heterocycles. The summed E-state index contributed by atoms with van der Waals surface area (Å²) >= 11 is 3.30. The largest absolute Gasteiger partial charge is 0.388 e. The van der Waals surface area contributed by atoms with E-state index in [1.54, 1.807) is 0 Å². The number of aliphatic hydroxyl groups excluding tert-OH is 1. The molecule has 0 bridgehead atoms. The lowest BCUT2D eigenvalue weighted by Crippen LogP contribution is -1.91. The van der Waals surface area contributed by atoms with Crippen molar-refractivity contribution < 1.29 is 5.11 Å². The highest BCUT2D eigenvalue weighted by Crippen LogP contribution is 2.21. The highest BCUT2D eigenvalue weighted by molar-refractivity contribution is 9.10. The van der Waals surface area contributed by atoms with Crippen LogP contribution in [-0.2, 0) is 0 Å². The molecule has 0 aliphatic heterocycles. The summed E-state index contributed by atoms with van der Waals surface area (Å²) in [5.74, 6) is 0. The topological polar surface area (TPSA) is 20.2 Å². The first-order chi connectivity index (χ1) is 4.72. The van der Waals surface area contributed by atoms with Crippen LogP contribution in [0.25, 0.3) is 0 Å². The second-order valence-corrected chi connectivity index (χ2v) is 2.89. The van der Waals surface area contributed by atoms with Crippen molar-refractivity contribution in [2.45, 2.75) is 6.10 Å². The van der Waals surface area contributed by atoms with Crippen molar-refractivity contribution >= 4 is 15.9 Å². The Hall–Kier alpha value is -0.340. The summed E-state index contributed by atoms with van der Waals surface area (Å²) in [6, 6.07) is 7.48. The molecule has 53 valence electrons. The SMILES string of the molecule is [CH2]C(O)c1ccccc1Br. The smallest absolute Gasteiger partial charge is 0.0802 e. The van der Waals surface area contributed by atoms with Crippen LogP contribution in [0.2, 0.25) is 0 Å². The highest BCUT2D eigenvalue weighted by atomic mass is 79.9. The van der Waals surface area contributed by atoms with Gasteiger partial charge in [0.15, 0.2) is 0 Å². The van der Waals surface area contributed by atoms with E-state index in [0.29, 0.717) is 0 Å². The van der Waals surface area contributed by atoms with Crippen LogP contribution in [0.15, 0.2) is 28.7 Å². The van der Waals surface area contributed by atoms with Gasteiger partial charge in [-0.3, -0.25) is 0 Å². The van der Waals surface area contributed by atoms with Gasteiger partial charge in [-0.1, -0.05) is 34.1 Å². The fourth-order valence-electron chi connectivity index (χ4n) is 0.745. The Kier molecular flexibility index (Phi) is 2.46. The Bertz CT molecular complexity index is 220. The van der Waals surface area contributed by atoms with E-state index in [1.165, 1.54) is 0 Å². The van der Waals surface area contributed by atoms with Gasteiger partial charge in [-0.05, 0) is 18.6 Å². The summed E-state index contributed by atoms with van der Waals surface area (Å²) in [7, 11) is 0. The van der Waals surface area contributed by atoms with Gasteiger partial charge in [0.1, 0.15) is 0 Å². The van der Waals surface area contributed by atoms with E-state index in [2.05, 4.69) is 22.9 Å². The van der Waals surface area contributed by atoms with Gasteiger partial charge in [0.25, 0.3) is 0 Å². The minimum absolute atomic E-state index is 0.643. The fraction of sp³-hybridized carbons (Fsp3) is 0.125. The van der Waals surface area contributed by atoms with Crippen molar-refractivity contribution in [3.8, 4) is 0 Å². The third kappa shape index (κ3) is 1.58. The molecule has 1 unspecified atom stereocenters. The van der Waals surface area contributed by atoms with Crippen LogP contribution < -0.4 is 0 Å². The zero-order chi connectivity index (χ0) is 7.56. The summed E-state index contributed by atoms with van der Waals surface area (Å²) < 4.78 is 0.900. The molecule has 0 aliphatic rings. The number of benzene rings is 1. The molecule has 0 aliphatic carbocycles. The van der Waals surface area contributed by atoms with Crippen LogP contribution in [0.4, 0.5) is 0 Å². The summed E-state index contributed by atoms with van der Waals surface area (Å²) in [5, 5.41) is 9.06. The molecule has 10 heavy (non-hydrogen) atoms. The molecule has 0 fully saturated rings. The van der Waals surface area contributed by atoms with Gasteiger partial charge in [-0.15, -0.1) is 0 Å². The zero-order valence-corrected chi connectivity index (χ0v) is 7.01. The van der Waals surface area contributed by atoms with E-state index in [1.807, 2.05) is 24.3 Å². The lowest BCUT2D eigenvalue weighted by molar-refractivity contribution is 0.225. The van der Waals surface area contributed by atoms with E-state index >= 15 is 0 Å². The van der Waals surface area contributed by atoms with Crippen molar-refractivity contribution in [1.29, 1.82) is 0 Å². The molecule has 0 aromatic heterocycles. The first-order valence-electron chi connectivity index (χ1n) is 2.97. The van der Waals surface area contributed by atoms with E-state index in [4.69, 9.17) is 5.11 Å². The lowest BCUT2D eigenvalue weighted by Gasteiger charge is -2.05. The lowest BCUT2D eigenvalue weighted by atomic mass is 10.1. The quantitative estimate of drug-likeness (QED) is 0.737. The Morgan fingerprint density at radius 3 is 2.40 bits per heavy atom. The molecule has 2 heteroatoms. The number of rotatable bonds is 1. The second-order valence-electron chi connectivity index (χ2n) is 2.04. The maximum absolute atomic E-state index is 9.06. The highest BCUT2D eigenvalue weighted by Gasteiger charge is 2.02. The third-order valence-electron chi connectivity index (χ3n) is 1.26. The van der Waals surface area contributed by atoms with Crippen molar-refractivity contribution in [3.05, 3.63) is 41.2 Å². The van der Waals surface area contributed by atoms with E-state index in [-0.39, 0.29) is 0 Å². The van der Waals surface area contributed by atoms with E-state index in [0.717, 1.165) is 10.0 Å². The predicted octanol–water partition coefficient (Wildman–Crippen LogP) is 2.32. The normalized spacial score (nSPS) is 13.1. The van der Waals surface area contributed by atoms with Gasteiger partial charge in [-0.25, -0.2) is 0 Å². The molecule has 0 spiro atoms. The molecule has 1 aromatic rings. The van der Waals surface area contributed by atoms with E-state index in [9.17, 15) is 0 Å². The van der Waals surface area contributed by atoms with Crippen LogP contribution in [-0.4, -0.2) is 5.11 Å². The summed E-state index contributed by atoms with van der Waals surface area (Å²) in [6.07, 6.45) is -0.643. The Labute approximate surface area is 68.8 Å². The van der Waals surface area contributed by atoms with Crippen LogP contribution in [0.3, 0.4) is 0 Å². The molecule has 0 amide bonds. The molecule has 1 radical (unpaired) electrons. The van der Waals surface area contributed by atoms with Crippen LogP contribution in [0.1, 0.15) is 11.7 Å². The van der Waals surface area contributed by atoms with Gasteiger partial charge in [0.05, 0.1) is 6.10 Å². The molecule has 1 nitrogen and oxygen atoms in total. The molecule has 0 heterocycles. The maximum Gasteiger partial charge on any atom is 0.0802 e. The average molecular weight is 200 g/mol. The molecule has 1 aromatic carbocycles. The molecule has 0 saturated carbocycles. The van der Waals surface area contributed by atoms with Gasteiger partial charge in [0, 0.05) is 4.47 Å². The molecule has 1 N–H and O–H groups in total. The van der Waals surface area contributed by atoms with Crippen LogP contribution >= 0.6 is 15.9 Å². The Morgan fingerprint density at radius 1 is 1.40 bits per heavy atom. The number of aliphatic hydroxyl groups is 1. The predicted molar refractivity (Wildman–Crippen MR) is 44.5 cm³/mol. The first-order valence-corrected chi connectivity index (χ1v) is 3.76. The monoisotopic (exact) mass is 199 g/mol. The van der Waals surface area contributed by atoms with Crippen LogP contribution in [0, 0.1) is 6.92 Å². The molecular weight excluding hydrogens is 192 g/mol. The van der Waals surface area contributed by atoms with Crippen molar-refractivity contribution in [2.24, 2.45) is 0 Å². The summed E-state index contributed by atoms with van der Waals surface area (Å²) in [4.78, 5) is 0. The summed E-state index contributed by atoms with van der Waals surface area (Å²) in [6.45, 7) is 3.50. The van der Waals surface area contributed by atoms with Crippen molar-refractivity contribution in [3.63, 3.8) is 0 Å². The second kappa shape index (κ2) is 3.17. The van der Waals surface area contributed by atoms with Crippen molar-refractivity contribution in [1.82, 2.24) is 0 Å². The molecular formula is C8H8BrO. The molecule has 1 atom stereocenters. The van der Waals surface area contributed by atoms with Crippen molar-refractivity contribution in [2.75, 3.05) is 0 Å². The average Bonchev–Trinajstić information content (AvgIpc) is 1.88. The van der Waals surface area contributed by atoms with Gasteiger partial charge in [0.2, 0.25) is 0 Å². The van der Waals surface area contributed by atoms with Gasteiger partial charge >= 0.3 is 0 Å². The number of halogens is 1. The maximum atomic E-state index is 9.06. The van der Waals surface area contributed by atoms with Crippen LogP contribution in [0.5, 0.6) is 0 Å².